The van der Waals surface area contributed by atoms with Gasteiger partial charge in [0, 0.05) is 0 Å². The fourth-order valence-electron chi connectivity index (χ4n) is 0.585. The van der Waals surface area contributed by atoms with Gasteiger partial charge in [-0.25, -0.2) is 0 Å². The summed E-state index contributed by atoms with van der Waals surface area (Å²) in [4.78, 5) is 0. The van der Waals surface area contributed by atoms with E-state index in [9.17, 15) is 0 Å². The molecule has 0 spiro atoms. The molecule has 0 aromatic carbocycles. The highest BCUT2D eigenvalue weighted by atomic mass is 14.1. The lowest BCUT2D eigenvalue weighted by Gasteiger charge is -2.13. The minimum absolute atomic E-state index is 1.31. The van der Waals surface area contributed by atoms with Crippen LogP contribution in [0.2, 0.25) is 0 Å². The summed E-state index contributed by atoms with van der Waals surface area (Å²) in [5, 5.41) is 0. The quantitative estimate of drug-likeness (QED) is 0.418. The van der Waals surface area contributed by atoms with Crippen LogP contribution in [0.3, 0.4) is 0 Å². The van der Waals surface area contributed by atoms with Crippen molar-refractivity contribution in [1.82, 2.24) is 0 Å². The molecule has 0 nitrogen and oxygen atoms in total. The monoisotopic (exact) mass is 81.1 g/mol. The second-order valence-electron chi connectivity index (χ2n) is 1.72. The molecule has 1 aliphatic rings. The Morgan fingerprint density at radius 2 is 2.17 bits per heavy atom. The number of hydrogen-bond acceptors (Lipinski definition) is 0. The van der Waals surface area contributed by atoms with Gasteiger partial charge in [0.05, 0.1) is 0 Å². The summed E-state index contributed by atoms with van der Waals surface area (Å²) in [6, 6.07) is 0. The molecule has 0 heterocycles. The molecule has 33 valence electrons. The van der Waals surface area contributed by atoms with Crippen molar-refractivity contribution < 1.29 is 0 Å². The van der Waals surface area contributed by atoms with Gasteiger partial charge in [0.25, 0.3) is 0 Å². The van der Waals surface area contributed by atoms with Gasteiger partial charge in [0.1, 0.15) is 0 Å². The van der Waals surface area contributed by atoms with Gasteiger partial charge in [-0.05, 0) is 26.2 Å². The third-order valence-electron chi connectivity index (χ3n) is 1.28. The van der Waals surface area contributed by atoms with E-state index in [1.807, 2.05) is 6.08 Å². The van der Waals surface area contributed by atoms with Gasteiger partial charge < -0.3 is 0 Å². The molecule has 1 radical (unpaired) electrons. The lowest BCUT2D eigenvalue weighted by atomic mass is 9.93. The van der Waals surface area contributed by atoms with E-state index in [1.165, 1.54) is 24.8 Å². The van der Waals surface area contributed by atoms with Crippen LogP contribution >= 0.6 is 0 Å². The Morgan fingerprint density at radius 1 is 1.50 bits per heavy atom. The van der Waals surface area contributed by atoms with Gasteiger partial charge in [-0.3, -0.25) is 0 Å². The molecule has 0 aromatic rings. The summed E-state index contributed by atoms with van der Waals surface area (Å²) in [6.45, 7) is 3.65. The first kappa shape index (κ1) is 3.91. The van der Waals surface area contributed by atoms with Crippen molar-refractivity contribution in [2.45, 2.75) is 19.3 Å². The zero-order chi connectivity index (χ0) is 4.41. The molecule has 0 bridgehead atoms. The zero-order valence-electron chi connectivity index (χ0n) is 3.91. The van der Waals surface area contributed by atoms with Crippen LogP contribution in [0, 0.1) is 6.92 Å². The Balaban J connectivity index is 2.34. The van der Waals surface area contributed by atoms with E-state index in [2.05, 4.69) is 6.92 Å². The Labute approximate surface area is 38.9 Å². The highest BCUT2D eigenvalue weighted by molar-refractivity contribution is 5.10. The Morgan fingerprint density at radius 3 is 2.17 bits per heavy atom. The van der Waals surface area contributed by atoms with Crippen LogP contribution in [0.4, 0.5) is 0 Å². The largest absolute Gasteiger partial charge is 0.0850 e. The third-order valence-corrected chi connectivity index (χ3v) is 1.28. The standard InChI is InChI=1S/C6H9/c1-2-6-4-3-5-6/h2H,1,3-5H2. The van der Waals surface area contributed by atoms with Crippen molar-refractivity contribution in [3.8, 4) is 0 Å². The third kappa shape index (κ3) is 0.469. The van der Waals surface area contributed by atoms with Crippen molar-refractivity contribution >= 4 is 0 Å². The maximum absolute atomic E-state index is 3.65. The average Bonchev–Trinajstić information content (AvgIpc) is 1.31. The molecule has 0 N–H and O–H groups in total. The van der Waals surface area contributed by atoms with Gasteiger partial charge in [0.15, 0.2) is 0 Å². The summed E-state index contributed by atoms with van der Waals surface area (Å²) < 4.78 is 0. The predicted octanol–water partition coefficient (Wildman–Crippen LogP) is 1.93. The van der Waals surface area contributed by atoms with Crippen LogP contribution in [-0.2, 0) is 0 Å². The molecule has 0 amide bonds. The Bertz CT molecular complexity index is 64.1. The summed E-state index contributed by atoms with van der Waals surface area (Å²) >= 11 is 0. The lowest BCUT2D eigenvalue weighted by molar-refractivity contribution is 0.663. The summed E-state index contributed by atoms with van der Waals surface area (Å²) in [7, 11) is 0. The maximum Gasteiger partial charge on any atom is -0.0313 e. The molecule has 1 saturated carbocycles. The molecule has 0 atom stereocenters. The predicted molar refractivity (Wildman–Crippen MR) is 27.3 cm³/mol. The average molecular weight is 81.1 g/mol. The summed E-state index contributed by atoms with van der Waals surface area (Å²) in [5.41, 5.74) is 1.54. The molecule has 1 rings (SSSR count). The molecule has 0 heteroatoms. The molecular weight excluding hydrogens is 72.1 g/mol. The van der Waals surface area contributed by atoms with Crippen molar-refractivity contribution in [3.63, 3.8) is 0 Å². The topological polar surface area (TPSA) is 0 Å². The van der Waals surface area contributed by atoms with Crippen molar-refractivity contribution in [3.05, 3.63) is 18.6 Å². The van der Waals surface area contributed by atoms with E-state index < -0.39 is 0 Å². The normalized spacial score (nSPS) is 19.8. The fourth-order valence-corrected chi connectivity index (χ4v) is 0.585. The smallest absolute Gasteiger partial charge is 0.0313 e. The van der Waals surface area contributed by atoms with Crippen LogP contribution in [0.15, 0.2) is 11.6 Å². The molecule has 0 saturated heterocycles. The van der Waals surface area contributed by atoms with E-state index in [-0.39, 0.29) is 0 Å². The van der Waals surface area contributed by atoms with Crippen LogP contribution in [-0.4, -0.2) is 0 Å². The minimum Gasteiger partial charge on any atom is -0.0850 e. The first-order valence-electron chi connectivity index (χ1n) is 2.40. The van der Waals surface area contributed by atoms with E-state index in [0.29, 0.717) is 0 Å². The second-order valence-corrected chi connectivity index (χ2v) is 1.72. The number of allylic oxidation sites excluding steroid dienone is 2. The van der Waals surface area contributed by atoms with Gasteiger partial charge in [-0.2, -0.15) is 0 Å². The number of hydrogen-bond donors (Lipinski definition) is 0. The van der Waals surface area contributed by atoms with Crippen LogP contribution < -0.4 is 0 Å². The van der Waals surface area contributed by atoms with Crippen molar-refractivity contribution in [1.29, 1.82) is 0 Å². The number of rotatable bonds is 0. The maximum atomic E-state index is 3.65. The van der Waals surface area contributed by atoms with Crippen LogP contribution in [0.1, 0.15) is 19.3 Å². The fraction of sp³-hybridized carbons (Fsp3) is 0.500. The van der Waals surface area contributed by atoms with Gasteiger partial charge in [-0.15, -0.1) is 0 Å². The van der Waals surface area contributed by atoms with E-state index >= 15 is 0 Å². The minimum atomic E-state index is 1.31. The highest BCUT2D eigenvalue weighted by Crippen LogP contribution is 2.23. The first-order valence-corrected chi connectivity index (χ1v) is 2.40. The van der Waals surface area contributed by atoms with Gasteiger partial charge in [-0.1, -0.05) is 11.6 Å². The summed E-state index contributed by atoms with van der Waals surface area (Å²) in [6.07, 6.45) is 5.98. The molecule has 1 aliphatic carbocycles. The molecule has 1 fully saturated rings. The molecule has 0 unspecified atom stereocenters. The van der Waals surface area contributed by atoms with Crippen LogP contribution in [0.5, 0.6) is 0 Å². The van der Waals surface area contributed by atoms with Crippen LogP contribution in [0.25, 0.3) is 0 Å². The van der Waals surface area contributed by atoms with Crippen molar-refractivity contribution in [2.24, 2.45) is 0 Å². The van der Waals surface area contributed by atoms with E-state index in [4.69, 9.17) is 0 Å². The van der Waals surface area contributed by atoms with E-state index in [0.717, 1.165) is 0 Å². The SMILES string of the molecule is [CH2]C=C1CCC1. The van der Waals surface area contributed by atoms with E-state index in [1.54, 1.807) is 0 Å². The van der Waals surface area contributed by atoms with Gasteiger partial charge >= 0.3 is 0 Å². The van der Waals surface area contributed by atoms with Crippen molar-refractivity contribution in [2.75, 3.05) is 0 Å². The van der Waals surface area contributed by atoms with Gasteiger partial charge in [0.2, 0.25) is 0 Å². The highest BCUT2D eigenvalue weighted by Gasteiger charge is 2.04. The second kappa shape index (κ2) is 1.46. The molecular formula is C6H9. The lowest BCUT2D eigenvalue weighted by Crippen LogP contribution is -1.94. The molecule has 0 aromatic heterocycles. The Hall–Kier alpha value is -0.260. The molecule has 0 aliphatic heterocycles. The summed E-state index contributed by atoms with van der Waals surface area (Å²) in [5.74, 6) is 0. The Kier molecular flexibility index (Phi) is 0.952. The molecule has 6 heavy (non-hydrogen) atoms. The zero-order valence-corrected chi connectivity index (χ0v) is 3.91. The first-order chi connectivity index (χ1) is 2.93.